The molecular formula is C24H20ClF4NO4. The molecule has 0 aliphatic rings. The molecule has 2 aromatic carbocycles. The lowest BCUT2D eigenvalue weighted by molar-refractivity contribution is -0.201. The smallest absolute Gasteiger partial charge is 0.401 e. The van der Waals surface area contributed by atoms with Crippen LogP contribution in [0.25, 0.3) is 11.1 Å². The predicted molar refractivity (Wildman–Crippen MR) is 119 cm³/mol. The number of carbonyl (C=O) groups is 1. The topological polar surface area (TPSA) is 79.5 Å². The quantitative estimate of drug-likeness (QED) is 0.447. The maximum atomic E-state index is 14.3. The van der Waals surface area contributed by atoms with Crippen LogP contribution >= 0.6 is 11.6 Å². The van der Waals surface area contributed by atoms with Crippen molar-refractivity contribution in [1.29, 1.82) is 0 Å². The van der Waals surface area contributed by atoms with Crippen molar-refractivity contribution in [2.75, 3.05) is 6.61 Å². The largest absolute Gasteiger partial charge is 0.478 e. The molecular weight excluding hydrogens is 478 g/mol. The van der Waals surface area contributed by atoms with Crippen molar-refractivity contribution in [3.63, 3.8) is 0 Å². The maximum Gasteiger partial charge on any atom is 0.401 e. The van der Waals surface area contributed by atoms with E-state index < -0.39 is 47.5 Å². The molecule has 0 aliphatic heterocycles. The van der Waals surface area contributed by atoms with E-state index in [2.05, 4.69) is 0 Å². The van der Waals surface area contributed by atoms with Gasteiger partial charge in [0.15, 0.2) is 0 Å². The van der Waals surface area contributed by atoms with E-state index in [1.165, 1.54) is 24.3 Å². The summed E-state index contributed by atoms with van der Waals surface area (Å²) in [5, 5.41) is 18.8. The Morgan fingerprint density at radius 3 is 2.24 bits per heavy atom. The van der Waals surface area contributed by atoms with E-state index in [9.17, 15) is 32.3 Å². The number of aliphatic hydroxyl groups excluding tert-OH is 1. The second-order valence-electron chi connectivity index (χ2n) is 7.76. The fourth-order valence-corrected chi connectivity index (χ4v) is 3.98. The van der Waals surface area contributed by atoms with Crippen LogP contribution < -0.4 is 5.56 Å². The standard InChI is InChI=1S/C24H20ClF4NO4/c1-2-30-12-17(6-8-21(30)32)23(13-31,24(27,28)29)11-16-4-3-14(9-19(16)25)15-5-7-18(22(33)34)20(26)10-15/h3-10,12,31H,2,11,13H2,1H3,(H,33,34). The van der Waals surface area contributed by atoms with Crippen molar-refractivity contribution in [1.82, 2.24) is 4.57 Å². The number of halogens is 5. The minimum atomic E-state index is -4.88. The molecule has 1 atom stereocenters. The summed E-state index contributed by atoms with van der Waals surface area (Å²) in [4.78, 5) is 22.9. The Morgan fingerprint density at radius 2 is 1.71 bits per heavy atom. The van der Waals surface area contributed by atoms with Gasteiger partial charge >= 0.3 is 12.1 Å². The van der Waals surface area contributed by atoms with Gasteiger partial charge in [0.2, 0.25) is 0 Å². The first-order valence-electron chi connectivity index (χ1n) is 10.1. The summed E-state index contributed by atoms with van der Waals surface area (Å²) in [6.45, 7) is 0.484. The average molecular weight is 498 g/mol. The van der Waals surface area contributed by atoms with E-state index in [1.54, 1.807) is 6.92 Å². The Labute approximate surface area is 196 Å². The Morgan fingerprint density at radius 1 is 1.06 bits per heavy atom. The summed E-state index contributed by atoms with van der Waals surface area (Å²) in [6.07, 6.45) is -4.50. The zero-order chi connectivity index (χ0) is 25.3. The Hall–Kier alpha value is -3.17. The number of pyridine rings is 1. The number of carboxylic acids is 1. The first-order chi connectivity index (χ1) is 15.9. The monoisotopic (exact) mass is 497 g/mol. The molecule has 0 bridgehead atoms. The number of hydrogen-bond acceptors (Lipinski definition) is 3. The number of carboxylic acid groups (broad SMARTS) is 1. The first-order valence-corrected chi connectivity index (χ1v) is 10.5. The Kier molecular flexibility index (Phi) is 7.18. The molecule has 180 valence electrons. The zero-order valence-electron chi connectivity index (χ0n) is 17.9. The van der Waals surface area contributed by atoms with Crippen LogP contribution in [-0.2, 0) is 18.4 Å². The second kappa shape index (κ2) is 9.60. The third-order valence-corrected chi connectivity index (χ3v) is 6.12. The van der Waals surface area contributed by atoms with Crippen LogP contribution in [0.3, 0.4) is 0 Å². The number of rotatable bonds is 7. The minimum absolute atomic E-state index is 0.0499. The molecule has 5 nitrogen and oxygen atoms in total. The van der Waals surface area contributed by atoms with Gasteiger partial charge in [-0.15, -0.1) is 0 Å². The van der Waals surface area contributed by atoms with E-state index in [1.807, 2.05) is 0 Å². The molecule has 0 spiro atoms. The molecule has 34 heavy (non-hydrogen) atoms. The summed E-state index contributed by atoms with van der Waals surface area (Å²) in [5.74, 6) is -2.40. The number of aliphatic hydroxyl groups is 1. The van der Waals surface area contributed by atoms with Crippen LogP contribution in [0.4, 0.5) is 17.6 Å². The summed E-state index contributed by atoms with van der Waals surface area (Å²) in [7, 11) is 0. The zero-order valence-corrected chi connectivity index (χ0v) is 18.6. The Bertz CT molecular complexity index is 1290. The number of aromatic nitrogens is 1. The van der Waals surface area contributed by atoms with Crippen LogP contribution in [0.1, 0.15) is 28.4 Å². The molecule has 1 aromatic heterocycles. The summed E-state index contributed by atoms with van der Waals surface area (Å²) in [6, 6.07) is 9.63. The van der Waals surface area contributed by atoms with Crippen LogP contribution in [-0.4, -0.2) is 33.5 Å². The molecule has 1 unspecified atom stereocenters. The molecule has 0 saturated carbocycles. The van der Waals surface area contributed by atoms with Gasteiger partial charge < -0.3 is 14.8 Å². The number of benzene rings is 2. The van der Waals surface area contributed by atoms with E-state index in [4.69, 9.17) is 16.7 Å². The van der Waals surface area contributed by atoms with Crippen LogP contribution in [0.2, 0.25) is 5.02 Å². The highest BCUT2D eigenvalue weighted by Crippen LogP contribution is 2.44. The number of aromatic carboxylic acids is 1. The molecule has 10 heteroatoms. The lowest BCUT2D eigenvalue weighted by Gasteiger charge is -2.35. The van der Waals surface area contributed by atoms with Gasteiger partial charge in [-0.2, -0.15) is 13.2 Å². The van der Waals surface area contributed by atoms with E-state index in [0.717, 1.165) is 35.0 Å². The summed E-state index contributed by atoms with van der Waals surface area (Å²) >= 11 is 6.29. The van der Waals surface area contributed by atoms with Gasteiger partial charge in [-0.25, -0.2) is 9.18 Å². The average Bonchev–Trinajstić information content (AvgIpc) is 2.77. The minimum Gasteiger partial charge on any atom is -0.478 e. The molecule has 0 saturated heterocycles. The van der Waals surface area contributed by atoms with Crippen molar-refractivity contribution in [3.8, 4) is 11.1 Å². The maximum absolute atomic E-state index is 14.3. The van der Waals surface area contributed by atoms with Gasteiger partial charge in [-0.05, 0) is 53.8 Å². The van der Waals surface area contributed by atoms with E-state index in [0.29, 0.717) is 5.56 Å². The molecule has 1 heterocycles. The van der Waals surface area contributed by atoms with E-state index >= 15 is 0 Å². The van der Waals surface area contributed by atoms with Gasteiger partial charge in [0.05, 0.1) is 12.2 Å². The van der Waals surface area contributed by atoms with Crippen LogP contribution in [0.5, 0.6) is 0 Å². The number of hydrogen-bond donors (Lipinski definition) is 2. The van der Waals surface area contributed by atoms with Crippen LogP contribution in [0, 0.1) is 5.82 Å². The van der Waals surface area contributed by atoms with Crippen molar-refractivity contribution < 1.29 is 32.6 Å². The third kappa shape index (κ3) is 4.71. The van der Waals surface area contributed by atoms with Crippen LogP contribution in [0.15, 0.2) is 59.5 Å². The molecule has 3 rings (SSSR count). The van der Waals surface area contributed by atoms with Gasteiger partial charge in [-0.3, -0.25) is 4.79 Å². The highest BCUT2D eigenvalue weighted by atomic mass is 35.5. The highest BCUT2D eigenvalue weighted by molar-refractivity contribution is 6.31. The lowest BCUT2D eigenvalue weighted by atomic mass is 9.75. The highest BCUT2D eigenvalue weighted by Gasteiger charge is 2.56. The second-order valence-corrected chi connectivity index (χ2v) is 8.17. The molecule has 3 aromatic rings. The lowest BCUT2D eigenvalue weighted by Crippen LogP contribution is -2.48. The third-order valence-electron chi connectivity index (χ3n) is 5.77. The van der Waals surface area contributed by atoms with Gasteiger partial charge in [0.1, 0.15) is 11.2 Å². The molecule has 2 N–H and O–H groups in total. The number of nitrogens with zero attached hydrogens (tertiary/aromatic N) is 1. The predicted octanol–water partition coefficient (Wildman–Crippen LogP) is 5.06. The summed E-state index contributed by atoms with van der Waals surface area (Å²) < 4.78 is 58.1. The number of aryl methyl sites for hydroxylation is 1. The molecule has 0 amide bonds. The van der Waals surface area contributed by atoms with Gasteiger partial charge in [0, 0.05) is 23.8 Å². The fourth-order valence-electron chi connectivity index (χ4n) is 3.73. The Balaban J connectivity index is 2.05. The fraction of sp³-hybridized carbons (Fsp3) is 0.250. The number of alkyl halides is 3. The normalized spacial score (nSPS) is 13.5. The van der Waals surface area contributed by atoms with Gasteiger partial charge in [0.25, 0.3) is 5.56 Å². The van der Waals surface area contributed by atoms with E-state index in [-0.39, 0.29) is 28.3 Å². The van der Waals surface area contributed by atoms with Crippen molar-refractivity contribution in [3.05, 3.63) is 92.6 Å². The van der Waals surface area contributed by atoms with Crippen molar-refractivity contribution >= 4 is 17.6 Å². The van der Waals surface area contributed by atoms with Gasteiger partial charge in [-0.1, -0.05) is 35.9 Å². The SMILES string of the molecule is CCn1cc(C(CO)(Cc2ccc(-c3ccc(C(=O)O)c(F)c3)cc2Cl)C(F)(F)F)ccc1=O. The molecule has 0 radical (unpaired) electrons. The first kappa shape index (κ1) is 25.5. The molecule has 0 fully saturated rings. The summed E-state index contributed by atoms with van der Waals surface area (Å²) in [5.41, 5.74) is -3.26. The van der Waals surface area contributed by atoms with Crippen molar-refractivity contribution in [2.45, 2.75) is 31.5 Å². The van der Waals surface area contributed by atoms with Crippen molar-refractivity contribution in [2.24, 2.45) is 0 Å². The molecule has 0 aliphatic carbocycles.